The number of aliphatic hydroxyl groups is 2. The molecule has 40 heavy (non-hydrogen) atoms. The molecule has 2 heterocycles. The number of piperidine rings is 2. The quantitative estimate of drug-likeness (QED) is 0.220. The van der Waals surface area contributed by atoms with E-state index in [1.165, 1.54) is 0 Å². The van der Waals surface area contributed by atoms with Crippen LogP contribution in [-0.2, 0) is 9.59 Å². The summed E-state index contributed by atoms with van der Waals surface area (Å²) in [6, 6.07) is 0.340. The molecule has 2 fully saturated rings. The number of carbonyl (C=O) groups is 2. The highest BCUT2D eigenvalue weighted by atomic mass is 16.3. The van der Waals surface area contributed by atoms with Crippen molar-refractivity contribution >= 4 is 11.8 Å². The van der Waals surface area contributed by atoms with Crippen molar-refractivity contribution in [2.75, 3.05) is 26.3 Å². The second-order valence-corrected chi connectivity index (χ2v) is 15.0. The second-order valence-electron chi connectivity index (χ2n) is 15.0. The molecule has 2 amide bonds. The molecule has 0 aliphatic carbocycles. The van der Waals surface area contributed by atoms with Crippen LogP contribution in [0.4, 0.5) is 0 Å². The minimum absolute atomic E-state index is 0.0651. The molecular formula is C32H62N4O4. The monoisotopic (exact) mass is 566 g/mol. The Morgan fingerprint density at radius 3 is 1.12 bits per heavy atom. The SMILES string of the molecule is CC1(C)CC(NC(=O)CCCCCCCCC(=O)NC2CC(C)(C)N(CCO)C(C)(C)C2)CC(C)(C)N1CCO. The van der Waals surface area contributed by atoms with Crippen LogP contribution in [0.15, 0.2) is 0 Å². The van der Waals surface area contributed by atoms with Crippen LogP contribution in [0.5, 0.6) is 0 Å². The van der Waals surface area contributed by atoms with Gasteiger partial charge in [-0.1, -0.05) is 25.7 Å². The average molecular weight is 567 g/mol. The van der Waals surface area contributed by atoms with Gasteiger partial charge in [0.2, 0.25) is 11.8 Å². The molecule has 2 aliphatic rings. The number of likely N-dealkylation sites (tertiary alicyclic amines) is 2. The number of rotatable bonds is 15. The Kier molecular flexibility index (Phi) is 12.9. The molecule has 0 saturated carbocycles. The third-order valence-corrected chi connectivity index (χ3v) is 9.34. The van der Waals surface area contributed by atoms with Crippen LogP contribution >= 0.6 is 0 Å². The van der Waals surface area contributed by atoms with Gasteiger partial charge in [0.1, 0.15) is 0 Å². The molecule has 0 aromatic rings. The van der Waals surface area contributed by atoms with Gasteiger partial charge in [0.15, 0.2) is 0 Å². The minimum atomic E-state index is -0.0651. The first-order valence-corrected chi connectivity index (χ1v) is 15.9. The molecule has 8 nitrogen and oxygen atoms in total. The van der Waals surface area contributed by atoms with Gasteiger partial charge in [0.25, 0.3) is 0 Å². The summed E-state index contributed by atoms with van der Waals surface area (Å²) < 4.78 is 0. The molecule has 2 rings (SSSR count). The lowest BCUT2D eigenvalue weighted by Crippen LogP contribution is -2.64. The molecule has 0 aromatic heterocycles. The van der Waals surface area contributed by atoms with Crippen molar-refractivity contribution in [3.05, 3.63) is 0 Å². The lowest BCUT2D eigenvalue weighted by Gasteiger charge is -2.55. The molecule has 0 bridgehead atoms. The Morgan fingerprint density at radius 2 is 0.850 bits per heavy atom. The van der Waals surface area contributed by atoms with E-state index < -0.39 is 0 Å². The van der Waals surface area contributed by atoms with Gasteiger partial charge in [-0.05, 0) is 93.9 Å². The zero-order chi connectivity index (χ0) is 30.2. The molecule has 0 spiro atoms. The first-order valence-electron chi connectivity index (χ1n) is 15.9. The number of amides is 2. The summed E-state index contributed by atoms with van der Waals surface area (Å²) in [4.78, 5) is 30.0. The van der Waals surface area contributed by atoms with Gasteiger partial charge < -0.3 is 20.8 Å². The molecular weight excluding hydrogens is 504 g/mol. The predicted octanol–water partition coefficient (Wildman–Crippen LogP) is 4.37. The summed E-state index contributed by atoms with van der Waals surface area (Å²) in [6.45, 7) is 19.3. The van der Waals surface area contributed by atoms with Crippen LogP contribution in [0.25, 0.3) is 0 Å². The molecule has 2 saturated heterocycles. The van der Waals surface area contributed by atoms with Crippen LogP contribution in [0, 0.1) is 0 Å². The Morgan fingerprint density at radius 1 is 0.575 bits per heavy atom. The Labute approximate surface area is 245 Å². The van der Waals surface area contributed by atoms with Gasteiger partial charge in [0.05, 0.1) is 13.2 Å². The zero-order valence-electron chi connectivity index (χ0n) is 27.1. The van der Waals surface area contributed by atoms with E-state index in [1.807, 2.05) is 0 Å². The van der Waals surface area contributed by atoms with Gasteiger partial charge in [-0.2, -0.15) is 0 Å². The van der Waals surface area contributed by atoms with Gasteiger partial charge >= 0.3 is 0 Å². The molecule has 0 radical (unpaired) electrons. The van der Waals surface area contributed by atoms with Crippen molar-refractivity contribution in [2.45, 2.75) is 167 Å². The van der Waals surface area contributed by atoms with E-state index in [4.69, 9.17) is 0 Å². The fourth-order valence-electron chi connectivity index (χ4n) is 8.13. The summed E-state index contributed by atoms with van der Waals surface area (Å²) in [7, 11) is 0. The van der Waals surface area contributed by atoms with E-state index in [1.54, 1.807) is 0 Å². The van der Waals surface area contributed by atoms with E-state index in [9.17, 15) is 19.8 Å². The van der Waals surface area contributed by atoms with Crippen LogP contribution in [0.2, 0.25) is 0 Å². The van der Waals surface area contributed by atoms with E-state index in [0.29, 0.717) is 25.9 Å². The van der Waals surface area contributed by atoms with Gasteiger partial charge in [0, 0.05) is 60.2 Å². The summed E-state index contributed by atoms with van der Waals surface area (Å²) in [5, 5.41) is 25.5. The Balaban J connectivity index is 1.58. The highest BCUT2D eigenvalue weighted by Gasteiger charge is 2.46. The Bertz CT molecular complexity index is 709. The summed E-state index contributed by atoms with van der Waals surface area (Å²) in [6.07, 6.45) is 10.8. The normalized spacial score (nSPS) is 23.1. The first-order chi connectivity index (χ1) is 18.5. The van der Waals surface area contributed by atoms with Crippen molar-refractivity contribution in [3.8, 4) is 0 Å². The fourth-order valence-corrected chi connectivity index (χ4v) is 8.13. The smallest absolute Gasteiger partial charge is 0.220 e. The number of nitrogens with zero attached hydrogens (tertiary/aromatic N) is 2. The molecule has 2 aliphatic heterocycles. The molecule has 0 atom stereocenters. The number of β-amino-alcohol motifs (C(OH)–C–C–N with tert-alkyl or cyclic N) is 2. The maximum atomic E-state index is 12.6. The maximum absolute atomic E-state index is 12.6. The van der Waals surface area contributed by atoms with Gasteiger partial charge in [-0.3, -0.25) is 19.4 Å². The minimum Gasteiger partial charge on any atom is -0.395 e. The van der Waals surface area contributed by atoms with Crippen molar-refractivity contribution < 1.29 is 19.8 Å². The van der Waals surface area contributed by atoms with Gasteiger partial charge in [-0.25, -0.2) is 0 Å². The number of hydrogen-bond acceptors (Lipinski definition) is 6. The van der Waals surface area contributed by atoms with Crippen LogP contribution in [-0.4, -0.2) is 92.4 Å². The summed E-state index contributed by atoms with van der Waals surface area (Å²) in [5.41, 5.74) is -0.260. The van der Waals surface area contributed by atoms with Crippen LogP contribution in [0.1, 0.15) is 132 Å². The molecule has 0 aromatic carbocycles. The maximum Gasteiger partial charge on any atom is 0.220 e. The van der Waals surface area contributed by atoms with Crippen molar-refractivity contribution in [1.29, 1.82) is 0 Å². The fraction of sp³-hybridized carbons (Fsp3) is 0.938. The number of aliphatic hydroxyl groups excluding tert-OH is 2. The summed E-state index contributed by atoms with van der Waals surface area (Å²) >= 11 is 0. The van der Waals surface area contributed by atoms with Gasteiger partial charge in [-0.15, -0.1) is 0 Å². The van der Waals surface area contributed by atoms with E-state index in [-0.39, 0.29) is 59.3 Å². The third-order valence-electron chi connectivity index (χ3n) is 9.34. The van der Waals surface area contributed by atoms with E-state index in [0.717, 1.165) is 64.2 Å². The molecule has 234 valence electrons. The molecule has 8 heteroatoms. The van der Waals surface area contributed by atoms with E-state index in [2.05, 4.69) is 75.8 Å². The highest BCUT2D eigenvalue weighted by molar-refractivity contribution is 5.76. The number of carbonyl (C=O) groups excluding carboxylic acids is 2. The molecule has 4 N–H and O–H groups in total. The lowest BCUT2D eigenvalue weighted by atomic mass is 9.77. The zero-order valence-corrected chi connectivity index (χ0v) is 27.1. The van der Waals surface area contributed by atoms with Crippen LogP contribution < -0.4 is 10.6 Å². The number of hydrogen-bond donors (Lipinski definition) is 4. The van der Waals surface area contributed by atoms with Crippen molar-refractivity contribution in [1.82, 2.24) is 20.4 Å². The van der Waals surface area contributed by atoms with Crippen LogP contribution in [0.3, 0.4) is 0 Å². The standard InChI is InChI=1S/C32H62N4O4/c1-29(2)21-25(22-30(3,4)35(29)17-19-37)33-27(39)15-13-11-9-10-12-14-16-28(40)34-26-23-31(5,6)36(18-20-38)32(7,8)24-26/h25-26,37-38H,9-24H2,1-8H3,(H,33,39)(H,34,40). The van der Waals surface area contributed by atoms with E-state index >= 15 is 0 Å². The summed E-state index contributed by atoms with van der Waals surface area (Å²) in [5.74, 6) is 0.301. The molecule has 0 unspecified atom stereocenters. The first kappa shape index (κ1) is 35.0. The van der Waals surface area contributed by atoms with Crippen molar-refractivity contribution in [2.24, 2.45) is 0 Å². The Hall–Kier alpha value is -1.22. The highest BCUT2D eigenvalue weighted by Crippen LogP contribution is 2.39. The third kappa shape index (κ3) is 10.2. The predicted molar refractivity (Wildman–Crippen MR) is 163 cm³/mol. The lowest BCUT2D eigenvalue weighted by molar-refractivity contribution is -0.125. The number of nitrogens with one attached hydrogen (secondary N) is 2. The average Bonchev–Trinajstić information content (AvgIpc) is 2.79. The largest absolute Gasteiger partial charge is 0.395 e. The van der Waals surface area contributed by atoms with Crippen molar-refractivity contribution in [3.63, 3.8) is 0 Å². The second kappa shape index (κ2) is 14.8. The number of unbranched alkanes of at least 4 members (excludes halogenated alkanes) is 5. The topological polar surface area (TPSA) is 105 Å².